The molecule has 0 amide bonds. The minimum absolute atomic E-state index is 0.494. The van der Waals surface area contributed by atoms with Crippen LogP contribution < -0.4 is 14.8 Å². The molecule has 1 saturated carbocycles. The molecule has 0 saturated heterocycles. The molecule has 1 heterocycles. The van der Waals surface area contributed by atoms with E-state index in [0.717, 1.165) is 30.4 Å². The van der Waals surface area contributed by atoms with Crippen molar-refractivity contribution in [2.75, 3.05) is 20.8 Å². The first-order valence-corrected chi connectivity index (χ1v) is 7.30. The number of rotatable bonds is 4. The van der Waals surface area contributed by atoms with E-state index in [2.05, 4.69) is 17.4 Å². The Balaban J connectivity index is 1.88. The molecule has 2 aliphatic rings. The average Bonchev–Trinajstić information content (AvgIpc) is 2.41. The summed E-state index contributed by atoms with van der Waals surface area (Å²) in [5.74, 6) is 2.62. The smallest absolute Gasteiger partial charge is 0.161 e. The molecule has 104 valence electrons. The minimum Gasteiger partial charge on any atom is -0.493 e. The van der Waals surface area contributed by atoms with E-state index in [1.165, 1.54) is 36.8 Å². The summed E-state index contributed by atoms with van der Waals surface area (Å²) in [6.07, 6.45) is 6.57. The summed E-state index contributed by atoms with van der Waals surface area (Å²) in [4.78, 5) is 0. The van der Waals surface area contributed by atoms with Crippen molar-refractivity contribution in [1.29, 1.82) is 0 Å². The topological polar surface area (TPSA) is 30.5 Å². The molecule has 0 radical (unpaired) electrons. The maximum atomic E-state index is 5.44. The summed E-state index contributed by atoms with van der Waals surface area (Å²) in [6, 6.07) is 4.82. The second kappa shape index (κ2) is 5.41. The SMILES string of the molecule is COc1cc2c(cc1OC)C(CC1CCC1)NCC2. The van der Waals surface area contributed by atoms with Crippen LogP contribution in [0.2, 0.25) is 0 Å². The number of methoxy groups -OCH3 is 2. The quantitative estimate of drug-likeness (QED) is 0.903. The molecule has 19 heavy (non-hydrogen) atoms. The third-order valence-corrected chi connectivity index (χ3v) is 4.60. The van der Waals surface area contributed by atoms with Crippen LogP contribution in [-0.2, 0) is 6.42 Å². The molecule has 3 nitrogen and oxygen atoms in total. The predicted octanol–water partition coefficient (Wildman–Crippen LogP) is 3.08. The van der Waals surface area contributed by atoms with Gasteiger partial charge in [0.15, 0.2) is 11.5 Å². The van der Waals surface area contributed by atoms with Crippen LogP contribution in [0.4, 0.5) is 0 Å². The highest BCUT2D eigenvalue weighted by atomic mass is 16.5. The van der Waals surface area contributed by atoms with Crippen molar-refractivity contribution in [3.05, 3.63) is 23.3 Å². The number of hydrogen-bond donors (Lipinski definition) is 1. The molecule has 0 bridgehead atoms. The second-order valence-corrected chi connectivity index (χ2v) is 5.70. The van der Waals surface area contributed by atoms with Gasteiger partial charge in [0.1, 0.15) is 0 Å². The maximum absolute atomic E-state index is 5.44. The summed E-state index contributed by atoms with van der Waals surface area (Å²) in [7, 11) is 3.42. The molecular weight excluding hydrogens is 238 g/mol. The first-order chi connectivity index (χ1) is 9.31. The lowest BCUT2D eigenvalue weighted by Crippen LogP contribution is -2.32. The normalized spacial score (nSPS) is 22.5. The highest BCUT2D eigenvalue weighted by molar-refractivity contribution is 5.49. The van der Waals surface area contributed by atoms with Crippen molar-refractivity contribution in [2.45, 2.75) is 38.1 Å². The lowest BCUT2D eigenvalue weighted by molar-refractivity contribution is 0.257. The molecule has 1 N–H and O–H groups in total. The molecule has 3 heteroatoms. The molecule has 1 atom stereocenters. The molecule has 1 aromatic rings. The lowest BCUT2D eigenvalue weighted by atomic mass is 9.78. The molecule has 1 aliphatic heterocycles. The zero-order valence-corrected chi connectivity index (χ0v) is 11.9. The van der Waals surface area contributed by atoms with Gasteiger partial charge in [0.2, 0.25) is 0 Å². The van der Waals surface area contributed by atoms with E-state index >= 15 is 0 Å². The van der Waals surface area contributed by atoms with Crippen molar-refractivity contribution in [1.82, 2.24) is 5.32 Å². The number of hydrogen-bond acceptors (Lipinski definition) is 3. The van der Waals surface area contributed by atoms with Crippen LogP contribution in [0.25, 0.3) is 0 Å². The molecule has 1 aromatic carbocycles. The zero-order chi connectivity index (χ0) is 13.2. The fraction of sp³-hybridized carbons (Fsp3) is 0.625. The monoisotopic (exact) mass is 261 g/mol. The Morgan fingerprint density at radius 1 is 1.16 bits per heavy atom. The fourth-order valence-corrected chi connectivity index (χ4v) is 3.24. The van der Waals surface area contributed by atoms with Crippen molar-refractivity contribution in [3.63, 3.8) is 0 Å². The molecule has 1 unspecified atom stereocenters. The van der Waals surface area contributed by atoms with E-state index in [1.807, 2.05) is 0 Å². The van der Waals surface area contributed by atoms with Gasteiger partial charge in [-0.3, -0.25) is 0 Å². The fourth-order valence-electron chi connectivity index (χ4n) is 3.24. The zero-order valence-electron chi connectivity index (χ0n) is 11.9. The third-order valence-electron chi connectivity index (χ3n) is 4.60. The van der Waals surface area contributed by atoms with Crippen molar-refractivity contribution in [2.24, 2.45) is 5.92 Å². The predicted molar refractivity (Wildman–Crippen MR) is 76.0 cm³/mol. The molecule has 0 spiro atoms. The first kappa shape index (κ1) is 12.8. The van der Waals surface area contributed by atoms with Crippen molar-refractivity contribution < 1.29 is 9.47 Å². The van der Waals surface area contributed by atoms with E-state index in [9.17, 15) is 0 Å². The van der Waals surface area contributed by atoms with Crippen LogP contribution in [-0.4, -0.2) is 20.8 Å². The molecule has 0 aromatic heterocycles. The molecule has 3 rings (SSSR count). The van der Waals surface area contributed by atoms with Gasteiger partial charge in [0.25, 0.3) is 0 Å². The number of nitrogens with one attached hydrogen (secondary N) is 1. The van der Waals surface area contributed by atoms with Gasteiger partial charge < -0.3 is 14.8 Å². The Bertz CT molecular complexity index is 454. The summed E-state index contributed by atoms with van der Waals surface area (Å²) < 4.78 is 10.8. The third kappa shape index (κ3) is 2.44. The van der Waals surface area contributed by atoms with Crippen LogP contribution in [0.1, 0.15) is 42.9 Å². The van der Waals surface area contributed by atoms with Gasteiger partial charge in [0.05, 0.1) is 14.2 Å². The summed E-state index contributed by atoms with van der Waals surface area (Å²) in [5.41, 5.74) is 2.83. The second-order valence-electron chi connectivity index (χ2n) is 5.70. The Hall–Kier alpha value is -1.22. The summed E-state index contributed by atoms with van der Waals surface area (Å²) >= 11 is 0. The Labute approximate surface area is 115 Å². The highest BCUT2D eigenvalue weighted by Gasteiger charge is 2.27. The molecular formula is C16H23NO2. The lowest BCUT2D eigenvalue weighted by Gasteiger charge is -2.34. The van der Waals surface area contributed by atoms with Gasteiger partial charge in [-0.15, -0.1) is 0 Å². The van der Waals surface area contributed by atoms with E-state index < -0.39 is 0 Å². The standard InChI is InChI=1S/C16H23NO2/c1-18-15-9-12-6-7-17-14(8-11-4-3-5-11)13(12)10-16(15)19-2/h9-11,14,17H,3-8H2,1-2H3. The van der Waals surface area contributed by atoms with Crippen molar-refractivity contribution in [3.8, 4) is 11.5 Å². The Kier molecular flexibility index (Phi) is 3.65. The van der Waals surface area contributed by atoms with Crippen LogP contribution in [0.3, 0.4) is 0 Å². The number of fused-ring (bicyclic) bond motifs is 1. The van der Waals surface area contributed by atoms with Gasteiger partial charge in [0, 0.05) is 6.04 Å². The average molecular weight is 261 g/mol. The van der Waals surface area contributed by atoms with Gasteiger partial charge in [-0.2, -0.15) is 0 Å². The van der Waals surface area contributed by atoms with Crippen molar-refractivity contribution >= 4 is 0 Å². The number of ether oxygens (including phenoxy) is 2. The van der Waals surface area contributed by atoms with Crippen LogP contribution in [0.5, 0.6) is 11.5 Å². The molecule has 1 aliphatic carbocycles. The highest BCUT2D eigenvalue weighted by Crippen LogP contribution is 2.40. The van der Waals surface area contributed by atoms with Crippen LogP contribution in [0, 0.1) is 5.92 Å². The van der Waals surface area contributed by atoms with E-state index in [-0.39, 0.29) is 0 Å². The largest absolute Gasteiger partial charge is 0.493 e. The summed E-state index contributed by atoms with van der Waals surface area (Å²) in [5, 5.41) is 3.67. The van der Waals surface area contributed by atoms with Gasteiger partial charge in [-0.1, -0.05) is 19.3 Å². The summed E-state index contributed by atoms with van der Waals surface area (Å²) in [6.45, 7) is 1.07. The molecule has 1 fully saturated rings. The number of benzene rings is 1. The van der Waals surface area contributed by atoms with Gasteiger partial charge in [-0.25, -0.2) is 0 Å². The van der Waals surface area contributed by atoms with E-state index in [1.54, 1.807) is 14.2 Å². The van der Waals surface area contributed by atoms with E-state index in [0.29, 0.717) is 6.04 Å². The minimum atomic E-state index is 0.494. The van der Waals surface area contributed by atoms with E-state index in [4.69, 9.17) is 9.47 Å². The van der Waals surface area contributed by atoms with Gasteiger partial charge in [-0.05, 0) is 48.6 Å². The van der Waals surface area contributed by atoms with Gasteiger partial charge >= 0.3 is 0 Å². The maximum Gasteiger partial charge on any atom is 0.161 e. The Morgan fingerprint density at radius 3 is 2.53 bits per heavy atom. The first-order valence-electron chi connectivity index (χ1n) is 7.30. The van der Waals surface area contributed by atoms with Crippen LogP contribution >= 0.6 is 0 Å². The Morgan fingerprint density at radius 2 is 1.89 bits per heavy atom. The van der Waals surface area contributed by atoms with Crippen LogP contribution in [0.15, 0.2) is 12.1 Å².